The highest BCUT2D eigenvalue weighted by Crippen LogP contribution is 2.20. The number of hydrogen-bond donors (Lipinski definition) is 2. The summed E-state index contributed by atoms with van der Waals surface area (Å²) in [6.07, 6.45) is 1.68. The van der Waals surface area contributed by atoms with Crippen LogP contribution in [0.5, 0.6) is 11.6 Å². The lowest BCUT2D eigenvalue weighted by molar-refractivity contribution is 0.460. The molecule has 7 heteroatoms. The molecular formula is C19H26FIN4O. The van der Waals surface area contributed by atoms with Gasteiger partial charge >= 0.3 is 0 Å². The Morgan fingerprint density at radius 3 is 2.58 bits per heavy atom. The van der Waals surface area contributed by atoms with Crippen LogP contribution in [0.3, 0.4) is 0 Å². The molecule has 1 aromatic heterocycles. The van der Waals surface area contributed by atoms with E-state index in [1.54, 1.807) is 18.3 Å². The number of pyridine rings is 1. The second-order valence-corrected chi connectivity index (χ2v) is 6.03. The van der Waals surface area contributed by atoms with Crippen molar-refractivity contribution in [3.63, 3.8) is 0 Å². The molecule has 0 amide bonds. The van der Waals surface area contributed by atoms with Crippen LogP contribution >= 0.6 is 24.0 Å². The number of guanidine groups is 1. The summed E-state index contributed by atoms with van der Waals surface area (Å²) >= 11 is 0. The predicted molar refractivity (Wildman–Crippen MR) is 114 cm³/mol. The normalized spacial score (nSPS) is 11.0. The van der Waals surface area contributed by atoms with E-state index in [1.165, 1.54) is 12.1 Å². The molecule has 2 N–H and O–H groups in total. The minimum Gasteiger partial charge on any atom is -0.439 e. The summed E-state index contributed by atoms with van der Waals surface area (Å²) < 4.78 is 18.6. The van der Waals surface area contributed by atoms with Crippen molar-refractivity contribution in [2.24, 2.45) is 10.9 Å². The number of hydrogen-bond acceptors (Lipinski definition) is 3. The zero-order chi connectivity index (χ0) is 18.1. The lowest BCUT2D eigenvalue weighted by Gasteiger charge is -2.13. The molecule has 1 aromatic carbocycles. The highest BCUT2D eigenvalue weighted by molar-refractivity contribution is 14.0. The molecule has 0 radical (unpaired) electrons. The first-order valence-corrected chi connectivity index (χ1v) is 8.47. The standard InChI is InChI=1S/C19H25FN4O.HI/c1-4-21-19(23-12-14(2)3)24-13-15-9-10-22-18(11-15)25-17-7-5-16(20)6-8-17;/h5-11,14H,4,12-13H2,1-3H3,(H2,21,23,24);1H. The van der Waals surface area contributed by atoms with Gasteiger partial charge in [-0.2, -0.15) is 0 Å². The first-order chi connectivity index (χ1) is 12.1. The molecule has 2 rings (SSSR count). The number of nitrogens with zero attached hydrogens (tertiary/aromatic N) is 2. The van der Waals surface area contributed by atoms with Crippen molar-refractivity contribution >= 4 is 29.9 Å². The van der Waals surface area contributed by atoms with Crippen molar-refractivity contribution in [3.05, 3.63) is 54.0 Å². The first-order valence-electron chi connectivity index (χ1n) is 8.47. The van der Waals surface area contributed by atoms with E-state index in [-0.39, 0.29) is 29.8 Å². The third-order valence-electron chi connectivity index (χ3n) is 3.28. The quantitative estimate of drug-likeness (QED) is 0.358. The molecule has 0 aliphatic rings. The summed E-state index contributed by atoms with van der Waals surface area (Å²) in [6, 6.07) is 9.58. The van der Waals surface area contributed by atoms with Gasteiger partial charge in [-0.3, -0.25) is 0 Å². The smallest absolute Gasteiger partial charge is 0.219 e. The maximum Gasteiger partial charge on any atom is 0.219 e. The monoisotopic (exact) mass is 472 g/mol. The molecule has 5 nitrogen and oxygen atoms in total. The average Bonchev–Trinajstić information content (AvgIpc) is 2.60. The highest BCUT2D eigenvalue weighted by atomic mass is 127. The molecule has 0 fully saturated rings. The molecule has 0 spiro atoms. The summed E-state index contributed by atoms with van der Waals surface area (Å²) in [6.45, 7) is 8.51. The molecular weight excluding hydrogens is 446 g/mol. The Balaban J connectivity index is 0.00000338. The van der Waals surface area contributed by atoms with Crippen LogP contribution in [0.1, 0.15) is 26.3 Å². The van der Waals surface area contributed by atoms with Crippen LogP contribution in [0, 0.1) is 11.7 Å². The number of rotatable bonds is 7. The first kappa shape index (κ1) is 22.1. The second-order valence-electron chi connectivity index (χ2n) is 6.03. The lowest BCUT2D eigenvalue weighted by atomic mass is 10.2. The van der Waals surface area contributed by atoms with Gasteiger partial charge in [0.1, 0.15) is 11.6 Å². The molecule has 1 heterocycles. The van der Waals surface area contributed by atoms with Crippen molar-refractivity contribution in [1.82, 2.24) is 15.6 Å². The van der Waals surface area contributed by atoms with Gasteiger partial charge in [-0.15, -0.1) is 24.0 Å². The van der Waals surface area contributed by atoms with E-state index in [4.69, 9.17) is 4.74 Å². The third kappa shape index (κ3) is 7.99. The van der Waals surface area contributed by atoms with E-state index < -0.39 is 0 Å². The number of nitrogens with one attached hydrogen (secondary N) is 2. The Hall–Kier alpha value is -1.90. The average molecular weight is 472 g/mol. The van der Waals surface area contributed by atoms with Gasteiger partial charge in [0, 0.05) is 25.4 Å². The minimum atomic E-state index is -0.298. The molecule has 0 saturated heterocycles. The van der Waals surface area contributed by atoms with Gasteiger partial charge in [0.15, 0.2) is 5.96 Å². The zero-order valence-corrected chi connectivity index (χ0v) is 17.7. The Morgan fingerprint density at radius 2 is 1.92 bits per heavy atom. The lowest BCUT2D eigenvalue weighted by Crippen LogP contribution is -2.39. The van der Waals surface area contributed by atoms with Crippen LogP contribution < -0.4 is 15.4 Å². The number of aromatic nitrogens is 1. The van der Waals surface area contributed by atoms with E-state index in [1.807, 2.05) is 19.1 Å². The minimum absolute atomic E-state index is 0. The van der Waals surface area contributed by atoms with Crippen LogP contribution in [0.2, 0.25) is 0 Å². The molecule has 2 aromatic rings. The highest BCUT2D eigenvalue weighted by Gasteiger charge is 2.03. The fourth-order valence-electron chi connectivity index (χ4n) is 2.04. The van der Waals surface area contributed by atoms with E-state index in [9.17, 15) is 4.39 Å². The molecule has 0 unspecified atom stereocenters. The molecule has 0 atom stereocenters. The van der Waals surface area contributed by atoms with Crippen molar-refractivity contribution in [2.75, 3.05) is 13.1 Å². The van der Waals surface area contributed by atoms with Gasteiger partial charge in [-0.05, 0) is 48.7 Å². The zero-order valence-electron chi connectivity index (χ0n) is 15.3. The van der Waals surface area contributed by atoms with Crippen molar-refractivity contribution < 1.29 is 9.13 Å². The van der Waals surface area contributed by atoms with Crippen LogP contribution in [0.4, 0.5) is 4.39 Å². The Bertz CT molecular complexity index is 692. The van der Waals surface area contributed by atoms with E-state index in [2.05, 4.69) is 34.5 Å². The van der Waals surface area contributed by atoms with Crippen LogP contribution in [-0.4, -0.2) is 24.0 Å². The SMILES string of the molecule is CCNC(=NCc1ccnc(Oc2ccc(F)cc2)c1)NCC(C)C.I. The Morgan fingerprint density at radius 1 is 1.19 bits per heavy atom. The summed E-state index contributed by atoms with van der Waals surface area (Å²) in [5, 5.41) is 6.53. The largest absolute Gasteiger partial charge is 0.439 e. The summed E-state index contributed by atoms with van der Waals surface area (Å²) in [7, 11) is 0. The van der Waals surface area contributed by atoms with Crippen molar-refractivity contribution in [1.29, 1.82) is 0 Å². The van der Waals surface area contributed by atoms with Crippen LogP contribution in [-0.2, 0) is 6.54 Å². The summed E-state index contributed by atoms with van der Waals surface area (Å²) in [4.78, 5) is 8.76. The third-order valence-corrected chi connectivity index (χ3v) is 3.28. The Labute approximate surface area is 171 Å². The van der Waals surface area contributed by atoms with E-state index >= 15 is 0 Å². The number of ether oxygens (including phenoxy) is 1. The van der Waals surface area contributed by atoms with Gasteiger partial charge in [-0.25, -0.2) is 14.4 Å². The maximum atomic E-state index is 12.9. The second kappa shape index (κ2) is 11.7. The number of aliphatic imine (C=N–C) groups is 1. The topological polar surface area (TPSA) is 58.5 Å². The van der Waals surface area contributed by atoms with Gasteiger partial charge in [0.2, 0.25) is 5.88 Å². The Kier molecular flexibility index (Phi) is 9.93. The van der Waals surface area contributed by atoms with Crippen molar-refractivity contribution in [3.8, 4) is 11.6 Å². The molecule has 0 aliphatic heterocycles. The van der Waals surface area contributed by atoms with Gasteiger partial charge in [0.25, 0.3) is 0 Å². The molecule has 0 saturated carbocycles. The van der Waals surface area contributed by atoms with E-state index in [0.717, 1.165) is 24.6 Å². The molecule has 142 valence electrons. The molecule has 0 bridgehead atoms. The number of halogens is 2. The van der Waals surface area contributed by atoms with Crippen LogP contribution in [0.25, 0.3) is 0 Å². The maximum absolute atomic E-state index is 12.9. The fraction of sp³-hybridized carbons (Fsp3) is 0.368. The van der Waals surface area contributed by atoms with E-state index in [0.29, 0.717) is 24.1 Å². The molecule has 26 heavy (non-hydrogen) atoms. The molecule has 0 aliphatic carbocycles. The van der Waals surface area contributed by atoms with Gasteiger partial charge < -0.3 is 15.4 Å². The van der Waals surface area contributed by atoms with Crippen molar-refractivity contribution in [2.45, 2.75) is 27.3 Å². The van der Waals surface area contributed by atoms with Crippen LogP contribution in [0.15, 0.2) is 47.6 Å². The summed E-state index contributed by atoms with van der Waals surface area (Å²) in [5.41, 5.74) is 0.980. The van der Waals surface area contributed by atoms with Gasteiger partial charge in [-0.1, -0.05) is 13.8 Å². The summed E-state index contributed by atoms with van der Waals surface area (Å²) in [5.74, 6) is 2.03. The predicted octanol–water partition coefficient (Wildman–Crippen LogP) is 4.34. The fourth-order valence-corrected chi connectivity index (χ4v) is 2.04. The van der Waals surface area contributed by atoms with Gasteiger partial charge in [0.05, 0.1) is 6.54 Å². The number of benzene rings is 1.